The van der Waals surface area contributed by atoms with Crippen molar-refractivity contribution in [3.63, 3.8) is 0 Å². The van der Waals surface area contributed by atoms with Crippen molar-refractivity contribution >= 4 is 23.3 Å². The maximum absolute atomic E-state index is 12.1. The Morgan fingerprint density at radius 3 is 2.64 bits per heavy atom. The highest BCUT2D eigenvalue weighted by Crippen LogP contribution is 2.27. The molecule has 0 bridgehead atoms. The van der Waals surface area contributed by atoms with Crippen LogP contribution in [-0.2, 0) is 11.3 Å². The summed E-state index contributed by atoms with van der Waals surface area (Å²) in [5.74, 6) is -0.635. The second kappa shape index (κ2) is 6.58. The number of hydrogen-bond donors (Lipinski definition) is 0. The number of rotatable bonds is 4. The van der Waals surface area contributed by atoms with Gasteiger partial charge in [0, 0.05) is 16.7 Å². The van der Waals surface area contributed by atoms with Gasteiger partial charge in [-0.3, -0.25) is 10.1 Å². The molecule has 6 heteroatoms. The second-order valence-corrected chi connectivity index (χ2v) is 5.36. The van der Waals surface area contributed by atoms with Crippen molar-refractivity contribution in [1.29, 1.82) is 0 Å². The smallest absolute Gasteiger partial charge is 0.339 e. The lowest BCUT2D eigenvalue weighted by atomic mass is 10.1. The van der Waals surface area contributed by atoms with Crippen molar-refractivity contribution in [3.8, 4) is 0 Å². The van der Waals surface area contributed by atoms with Gasteiger partial charge in [0.2, 0.25) is 0 Å². The minimum atomic E-state index is -0.635. The highest BCUT2D eigenvalue weighted by atomic mass is 35.5. The number of nitro groups is 1. The van der Waals surface area contributed by atoms with E-state index in [4.69, 9.17) is 16.3 Å². The summed E-state index contributed by atoms with van der Waals surface area (Å²) in [5.41, 5.74) is 2.05. The number of aryl methyl sites for hydroxylation is 1. The number of hydrogen-bond acceptors (Lipinski definition) is 4. The molecule has 114 valence electrons. The molecule has 2 rings (SSSR count). The summed E-state index contributed by atoms with van der Waals surface area (Å²) in [6, 6.07) is 10.1. The Hall–Kier alpha value is -2.40. The minimum absolute atomic E-state index is 0.0975. The van der Waals surface area contributed by atoms with E-state index in [-0.39, 0.29) is 28.4 Å². The van der Waals surface area contributed by atoms with Crippen LogP contribution >= 0.6 is 11.6 Å². The highest BCUT2D eigenvalue weighted by molar-refractivity contribution is 6.31. The molecule has 0 radical (unpaired) electrons. The number of carbonyl (C=O) groups excluding carboxylic acids is 1. The van der Waals surface area contributed by atoms with E-state index in [0.717, 1.165) is 11.1 Å². The Morgan fingerprint density at radius 2 is 2.00 bits per heavy atom. The number of ether oxygens (including phenoxy) is 1. The fourth-order valence-electron chi connectivity index (χ4n) is 2.09. The van der Waals surface area contributed by atoms with Gasteiger partial charge in [-0.25, -0.2) is 4.79 Å². The molecule has 22 heavy (non-hydrogen) atoms. The fourth-order valence-corrected chi connectivity index (χ4v) is 2.31. The number of halogens is 1. The van der Waals surface area contributed by atoms with Crippen LogP contribution in [0.4, 0.5) is 5.69 Å². The van der Waals surface area contributed by atoms with E-state index in [0.29, 0.717) is 0 Å². The largest absolute Gasteiger partial charge is 0.457 e. The molecule has 2 aromatic rings. The number of benzene rings is 2. The Labute approximate surface area is 132 Å². The molecule has 0 saturated carbocycles. The normalized spacial score (nSPS) is 10.3. The minimum Gasteiger partial charge on any atom is -0.457 e. The third kappa shape index (κ3) is 3.62. The first-order valence-electron chi connectivity index (χ1n) is 6.55. The summed E-state index contributed by atoms with van der Waals surface area (Å²) >= 11 is 5.84. The molecule has 5 nitrogen and oxygen atoms in total. The number of carbonyl (C=O) groups is 1. The van der Waals surface area contributed by atoms with Crippen molar-refractivity contribution in [2.24, 2.45) is 0 Å². The summed E-state index contributed by atoms with van der Waals surface area (Å²) in [5, 5.41) is 11.1. The monoisotopic (exact) mass is 319 g/mol. The molecule has 0 amide bonds. The average molecular weight is 320 g/mol. The third-order valence-electron chi connectivity index (χ3n) is 3.21. The molecule has 0 saturated heterocycles. The first kappa shape index (κ1) is 16.0. The van der Waals surface area contributed by atoms with Crippen molar-refractivity contribution in [3.05, 3.63) is 73.8 Å². The first-order chi connectivity index (χ1) is 10.4. The fraction of sp³-hybridized carbons (Fsp3) is 0.188. The average Bonchev–Trinajstić information content (AvgIpc) is 2.46. The van der Waals surface area contributed by atoms with Crippen LogP contribution in [0.25, 0.3) is 0 Å². The topological polar surface area (TPSA) is 69.4 Å². The molecule has 0 aliphatic rings. The van der Waals surface area contributed by atoms with Crippen LogP contribution in [0.3, 0.4) is 0 Å². The Bertz CT molecular complexity index is 743. The van der Waals surface area contributed by atoms with E-state index in [9.17, 15) is 14.9 Å². The van der Waals surface area contributed by atoms with Gasteiger partial charge in [0.05, 0.1) is 10.5 Å². The van der Waals surface area contributed by atoms with Crippen LogP contribution in [0.5, 0.6) is 0 Å². The summed E-state index contributed by atoms with van der Waals surface area (Å²) in [6.45, 7) is 3.54. The summed E-state index contributed by atoms with van der Waals surface area (Å²) in [4.78, 5) is 22.5. The summed E-state index contributed by atoms with van der Waals surface area (Å²) in [6.07, 6.45) is 0. The Kier molecular flexibility index (Phi) is 4.78. The standard InChI is InChI=1S/C16H14ClNO4/c1-10-4-3-5-12(6-10)9-22-16(19)14-7-13(17)8-15(11(14)2)18(20)21/h3-8H,9H2,1-2H3. The molecule has 0 fully saturated rings. The molecule has 0 spiro atoms. The van der Waals surface area contributed by atoms with Crippen LogP contribution in [0.1, 0.15) is 27.0 Å². The molecule has 0 N–H and O–H groups in total. The van der Waals surface area contributed by atoms with Crippen molar-refractivity contribution < 1.29 is 14.5 Å². The van der Waals surface area contributed by atoms with Gasteiger partial charge in [-0.1, -0.05) is 41.4 Å². The van der Waals surface area contributed by atoms with Gasteiger partial charge in [-0.15, -0.1) is 0 Å². The van der Waals surface area contributed by atoms with Gasteiger partial charge in [0.15, 0.2) is 0 Å². The van der Waals surface area contributed by atoms with Gasteiger partial charge in [-0.2, -0.15) is 0 Å². The van der Waals surface area contributed by atoms with Gasteiger partial charge in [-0.05, 0) is 25.5 Å². The van der Waals surface area contributed by atoms with Crippen molar-refractivity contribution in [2.45, 2.75) is 20.5 Å². The first-order valence-corrected chi connectivity index (χ1v) is 6.93. The molecule has 0 atom stereocenters. The van der Waals surface area contributed by atoms with Crippen LogP contribution in [0.2, 0.25) is 5.02 Å². The zero-order chi connectivity index (χ0) is 16.3. The van der Waals surface area contributed by atoms with Crippen LogP contribution in [-0.4, -0.2) is 10.9 Å². The van der Waals surface area contributed by atoms with E-state index >= 15 is 0 Å². The van der Waals surface area contributed by atoms with Crippen molar-refractivity contribution in [2.75, 3.05) is 0 Å². The third-order valence-corrected chi connectivity index (χ3v) is 3.43. The lowest BCUT2D eigenvalue weighted by molar-refractivity contribution is -0.385. The van der Waals surface area contributed by atoms with Gasteiger partial charge >= 0.3 is 5.97 Å². The Balaban J connectivity index is 2.21. The SMILES string of the molecule is Cc1cccc(COC(=O)c2cc(Cl)cc([N+](=O)[O-])c2C)c1. The van der Waals surface area contributed by atoms with Gasteiger partial charge in [0.25, 0.3) is 5.69 Å². The molecular weight excluding hydrogens is 306 g/mol. The van der Waals surface area contributed by atoms with E-state index in [2.05, 4.69) is 0 Å². The molecule has 0 heterocycles. The highest BCUT2D eigenvalue weighted by Gasteiger charge is 2.21. The van der Waals surface area contributed by atoms with Crippen LogP contribution < -0.4 is 0 Å². The van der Waals surface area contributed by atoms with E-state index in [1.165, 1.54) is 19.1 Å². The Morgan fingerprint density at radius 1 is 1.27 bits per heavy atom. The lowest BCUT2D eigenvalue weighted by Gasteiger charge is -2.08. The second-order valence-electron chi connectivity index (χ2n) is 4.92. The lowest BCUT2D eigenvalue weighted by Crippen LogP contribution is -2.09. The summed E-state index contributed by atoms with van der Waals surface area (Å²) < 4.78 is 5.22. The quantitative estimate of drug-likeness (QED) is 0.480. The van der Waals surface area contributed by atoms with Crippen LogP contribution in [0.15, 0.2) is 36.4 Å². The molecule has 0 aliphatic heterocycles. The maximum atomic E-state index is 12.1. The molecular formula is C16H14ClNO4. The predicted octanol–water partition coefficient (Wildman–Crippen LogP) is 4.22. The van der Waals surface area contributed by atoms with Gasteiger partial charge < -0.3 is 4.74 Å². The summed E-state index contributed by atoms with van der Waals surface area (Å²) in [7, 11) is 0. The molecule has 0 aliphatic carbocycles. The molecule has 0 unspecified atom stereocenters. The number of nitro benzene ring substituents is 1. The van der Waals surface area contributed by atoms with E-state index < -0.39 is 10.9 Å². The number of esters is 1. The molecule has 0 aromatic heterocycles. The van der Waals surface area contributed by atoms with Crippen molar-refractivity contribution in [1.82, 2.24) is 0 Å². The number of nitrogens with zero attached hydrogens (tertiary/aromatic N) is 1. The van der Waals surface area contributed by atoms with Crippen LogP contribution in [0, 0.1) is 24.0 Å². The molecule has 2 aromatic carbocycles. The van der Waals surface area contributed by atoms with E-state index in [1.54, 1.807) is 0 Å². The van der Waals surface area contributed by atoms with Gasteiger partial charge in [0.1, 0.15) is 6.61 Å². The zero-order valence-corrected chi connectivity index (χ0v) is 12.9. The predicted molar refractivity (Wildman–Crippen MR) is 83.1 cm³/mol. The van der Waals surface area contributed by atoms with E-state index in [1.807, 2.05) is 31.2 Å². The maximum Gasteiger partial charge on any atom is 0.339 e. The zero-order valence-electron chi connectivity index (χ0n) is 12.1.